The van der Waals surface area contributed by atoms with Gasteiger partial charge in [-0.15, -0.1) is 23.0 Å². The smallest absolute Gasteiger partial charge is 0.876 e. The molecule has 0 saturated heterocycles. The Bertz CT molecular complexity index is 513. The summed E-state index contributed by atoms with van der Waals surface area (Å²) in [6.07, 6.45) is 4.22. The summed E-state index contributed by atoms with van der Waals surface area (Å²) in [5, 5.41) is 39.9. The Balaban J connectivity index is -0.0000000873. The average molecular weight is 604 g/mol. The van der Waals surface area contributed by atoms with Crippen molar-refractivity contribution in [3.05, 3.63) is 47.3 Å². The topological polar surface area (TPSA) is 161 Å². The van der Waals surface area contributed by atoms with Crippen molar-refractivity contribution in [3.63, 3.8) is 0 Å². The largest absolute Gasteiger partial charge is 4.00 e. The SMILES string of the molecule is CC(=O)/C=C(/C)[O-].CC(=O)/C=C(/C)[O-].CC(=O)/C=C(/C)[O-].CC(=O)/C=C(/C)[O-].[Pb+4]. The van der Waals surface area contributed by atoms with E-state index in [1.807, 2.05) is 0 Å². The van der Waals surface area contributed by atoms with Gasteiger partial charge in [-0.3, -0.25) is 19.2 Å². The standard InChI is InChI=1S/4C5H8O2.Pb/c4*1-4(6)3-5(2)7;/h4*3,6H,1-2H3;/q;;;;+4/p-4/b4*4-3-;. The van der Waals surface area contributed by atoms with Crippen LogP contribution in [0.15, 0.2) is 47.3 Å². The van der Waals surface area contributed by atoms with Gasteiger partial charge >= 0.3 is 27.3 Å². The van der Waals surface area contributed by atoms with E-state index in [0.717, 1.165) is 24.3 Å². The maximum Gasteiger partial charge on any atom is 4.00 e. The van der Waals surface area contributed by atoms with E-state index in [9.17, 15) is 39.6 Å². The van der Waals surface area contributed by atoms with E-state index in [2.05, 4.69) is 0 Å². The van der Waals surface area contributed by atoms with E-state index in [-0.39, 0.29) is 73.5 Å². The van der Waals surface area contributed by atoms with Gasteiger partial charge in [-0.05, 0) is 52.0 Å². The molecule has 0 amide bonds. The third kappa shape index (κ3) is 76.8. The molecule has 0 N–H and O–H groups in total. The van der Waals surface area contributed by atoms with Crippen LogP contribution in [-0.2, 0) is 19.2 Å². The molecule has 0 fully saturated rings. The van der Waals surface area contributed by atoms with Gasteiger partial charge in [0.2, 0.25) is 0 Å². The molecule has 0 rings (SSSR count). The second kappa shape index (κ2) is 23.8. The minimum absolute atomic E-state index is 0. The molecule has 0 spiro atoms. The first-order valence-electron chi connectivity index (χ1n) is 7.94. The maximum absolute atomic E-state index is 9.98. The van der Waals surface area contributed by atoms with Crippen LogP contribution in [0.4, 0.5) is 0 Å². The molecule has 0 radical (unpaired) electrons. The van der Waals surface area contributed by atoms with E-state index in [4.69, 9.17) is 0 Å². The summed E-state index contributed by atoms with van der Waals surface area (Å²) in [7, 11) is 0. The van der Waals surface area contributed by atoms with Crippen LogP contribution in [0.25, 0.3) is 0 Å². The molecule has 0 atom stereocenters. The van der Waals surface area contributed by atoms with Crippen LogP contribution in [-0.4, -0.2) is 50.4 Å². The zero-order valence-corrected chi connectivity index (χ0v) is 22.0. The van der Waals surface area contributed by atoms with Crippen LogP contribution in [0.2, 0.25) is 0 Å². The zero-order chi connectivity index (χ0) is 23.4. The molecule has 0 aromatic heterocycles. The molecule has 9 heteroatoms. The summed E-state index contributed by atoms with van der Waals surface area (Å²) in [6.45, 7) is 10.8. The van der Waals surface area contributed by atoms with Gasteiger partial charge in [0.15, 0.2) is 23.1 Å². The molecule has 8 nitrogen and oxygen atoms in total. The molecular weight excluding hydrogens is 575 g/mol. The summed E-state index contributed by atoms with van der Waals surface area (Å²) in [5.74, 6) is -1.50. The Morgan fingerprint density at radius 3 is 0.517 bits per heavy atom. The summed E-state index contributed by atoms with van der Waals surface area (Å²) < 4.78 is 0. The predicted octanol–water partition coefficient (Wildman–Crippen LogP) is -1.02. The first-order chi connectivity index (χ1) is 12.5. The molecule has 0 aliphatic heterocycles. The van der Waals surface area contributed by atoms with Gasteiger partial charge in [-0.2, -0.15) is 0 Å². The third-order valence-corrected chi connectivity index (χ3v) is 1.63. The van der Waals surface area contributed by atoms with E-state index in [0.29, 0.717) is 0 Å². The first-order valence-corrected chi connectivity index (χ1v) is 7.94. The third-order valence-electron chi connectivity index (χ3n) is 1.63. The Hall–Kier alpha value is -2.24. The zero-order valence-electron chi connectivity index (χ0n) is 18.1. The van der Waals surface area contributed by atoms with Crippen LogP contribution < -0.4 is 20.4 Å². The fourth-order valence-electron chi connectivity index (χ4n) is 1.14. The van der Waals surface area contributed by atoms with Crippen LogP contribution in [0, 0.1) is 0 Å². The van der Waals surface area contributed by atoms with E-state index >= 15 is 0 Å². The fraction of sp³-hybridized carbons (Fsp3) is 0.400. The van der Waals surface area contributed by atoms with Gasteiger partial charge in [-0.1, -0.05) is 27.7 Å². The number of rotatable bonds is 4. The van der Waals surface area contributed by atoms with Crippen LogP contribution in [0.1, 0.15) is 55.4 Å². The van der Waals surface area contributed by atoms with Gasteiger partial charge < -0.3 is 20.4 Å². The molecule has 0 saturated carbocycles. The number of carbonyl (C=O) groups excluding carboxylic acids is 4. The van der Waals surface area contributed by atoms with Gasteiger partial charge in [-0.25, -0.2) is 0 Å². The molecule has 160 valence electrons. The first kappa shape index (κ1) is 37.5. The van der Waals surface area contributed by atoms with Gasteiger partial charge in [0.25, 0.3) is 0 Å². The van der Waals surface area contributed by atoms with Gasteiger partial charge in [0.1, 0.15) is 0 Å². The molecule has 0 aliphatic rings. The number of carbonyl (C=O) groups is 4. The van der Waals surface area contributed by atoms with Crippen molar-refractivity contribution in [2.75, 3.05) is 0 Å². The Morgan fingerprint density at radius 1 is 0.414 bits per heavy atom. The quantitative estimate of drug-likeness (QED) is 0.224. The second-order valence-corrected chi connectivity index (χ2v) is 5.46. The molecule has 0 aliphatic carbocycles. The summed E-state index contributed by atoms with van der Waals surface area (Å²) in [6, 6.07) is 0. The van der Waals surface area contributed by atoms with Crippen LogP contribution >= 0.6 is 0 Å². The fourth-order valence-corrected chi connectivity index (χ4v) is 1.14. The van der Waals surface area contributed by atoms with E-state index in [1.165, 1.54) is 55.4 Å². The van der Waals surface area contributed by atoms with E-state index < -0.39 is 0 Å². The van der Waals surface area contributed by atoms with Crippen molar-refractivity contribution in [3.8, 4) is 0 Å². The Labute approximate surface area is 192 Å². The molecule has 0 unspecified atom stereocenters. The van der Waals surface area contributed by atoms with Crippen molar-refractivity contribution in [1.29, 1.82) is 0 Å². The van der Waals surface area contributed by atoms with Crippen molar-refractivity contribution in [2.24, 2.45) is 0 Å². The monoisotopic (exact) mass is 604 g/mol. The Morgan fingerprint density at radius 2 is 0.517 bits per heavy atom. The predicted molar refractivity (Wildman–Crippen MR) is 104 cm³/mol. The van der Waals surface area contributed by atoms with Crippen molar-refractivity contribution < 1.29 is 39.6 Å². The minimum atomic E-state index is -0.187. The molecule has 0 bridgehead atoms. The summed E-state index contributed by atoms with van der Waals surface area (Å²) in [5.41, 5.74) is 0. The Kier molecular flexibility index (Phi) is 30.8. The molecule has 0 aromatic rings. The maximum atomic E-state index is 9.98. The van der Waals surface area contributed by atoms with Gasteiger partial charge in [0, 0.05) is 0 Å². The average Bonchev–Trinajstić information content (AvgIpc) is 2.32. The van der Waals surface area contributed by atoms with Crippen molar-refractivity contribution >= 4 is 50.4 Å². The summed E-state index contributed by atoms with van der Waals surface area (Å²) >= 11 is 0. The number of hydrogen-bond acceptors (Lipinski definition) is 8. The second-order valence-electron chi connectivity index (χ2n) is 5.46. The molecule has 0 heterocycles. The number of ketones is 4. The van der Waals surface area contributed by atoms with Crippen molar-refractivity contribution in [2.45, 2.75) is 55.4 Å². The van der Waals surface area contributed by atoms with Crippen LogP contribution in [0.3, 0.4) is 0 Å². The number of hydrogen-bond donors (Lipinski definition) is 0. The normalized spacial score (nSPS) is 11.0. The minimum Gasteiger partial charge on any atom is -0.876 e. The van der Waals surface area contributed by atoms with Gasteiger partial charge in [0.05, 0.1) is 0 Å². The van der Waals surface area contributed by atoms with E-state index in [1.54, 1.807) is 0 Å². The van der Waals surface area contributed by atoms with Crippen LogP contribution in [0.5, 0.6) is 0 Å². The molecule has 29 heavy (non-hydrogen) atoms. The summed E-state index contributed by atoms with van der Waals surface area (Å²) in [4.78, 5) is 39.9. The van der Waals surface area contributed by atoms with Crippen molar-refractivity contribution in [1.82, 2.24) is 0 Å². The molecule has 0 aromatic carbocycles. The molecular formula is C20H28O8Pb. The number of allylic oxidation sites excluding steroid dienone is 8.